The molecule has 1 N–H and O–H groups in total. The van der Waals surface area contributed by atoms with Crippen molar-refractivity contribution in [2.75, 3.05) is 5.43 Å². The summed E-state index contributed by atoms with van der Waals surface area (Å²) in [6.45, 7) is 0. The van der Waals surface area contributed by atoms with Crippen LogP contribution in [0.3, 0.4) is 0 Å². The molecule has 0 amide bonds. The molecule has 0 saturated carbocycles. The highest BCUT2D eigenvalue weighted by Crippen LogP contribution is 2.40. The van der Waals surface area contributed by atoms with Crippen molar-refractivity contribution < 1.29 is 4.92 Å². The minimum Gasteiger partial charge on any atom is -0.304 e. The Morgan fingerprint density at radius 3 is 2.50 bits per heavy atom. The van der Waals surface area contributed by atoms with Crippen LogP contribution in [0.1, 0.15) is 10.9 Å². The molecule has 7 nitrogen and oxygen atoms in total. The van der Waals surface area contributed by atoms with Gasteiger partial charge < -0.3 is 5.43 Å². The summed E-state index contributed by atoms with van der Waals surface area (Å²) in [6, 6.07) is 13.8. The Kier molecular flexibility index (Phi) is 3.62. The standard InChI is InChI=1S/C15H10ClN5O2S/c16-11-5-1-10(2-6-11)14-19-20-13(17-18-15(20)24-14)9-3-7-12(8-4-9)21(22)23/h1-8,14,19H. The van der Waals surface area contributed by atoms with Crippen LogP contribution in [-0.4, -0.2) is 19.8 Å². The molecular weight excluding hydrogens is 350 g/mol. The lowest BCUT2D eigenvalue weighted by molar-refractivity contribution is -0.384. The van der Waals surface area contributed by atoms with Gasteiger partial charge in [-0.15, -0.1) is 10.2 Å². The maximum Gasteiger partial charge on any atom is 0.269 e. The van der Waals surface area contributed by atoms with Gasteiger partial charge in [0, 0.05) is 22.7 Å². The van der Waals surface area contributed by atoms with Crippen molar-refractivity contribution >= 4 is 29.1 Å². The van der Waals surface area contributed by atoms with Crippen molar-refractivity contribution in [1.82, 2.24) is 14.9 Å². The fourth-order valence-corrected chi connectivity index (χ4v) is 3.53. The minimum absolute atomic E-state index is 0.00423. The summed E-state index contributed by atoms with van der Waals surface area (Å²) in [5.74, 6) is 0.615. The van der Waals surface area contributed by atoms with Crippen molar-refractivity contribution in [3.8, 4) is 11.4 Å². The van der Waals surface area contributed by atoms with Gasteiger partial charge in [-0.1, -0.05) is 35.5 Å². The molecule has 4 rings (SSSR count). The molecule has 3 aromatic rings. The highest BCUT2D eigenvalue weighted by atomic mass is 35.5. The van der Waals surface area contributed by atoms with Crippen LogP contribution in [-0.2, 0) is 0 Å². The molecule has 1 atom stereocenters. The lowest BCUT2D eigenvalue weighted by atomic mass is 10.2. The highest BCUT2D eigenvalue weighted by molar-refractivity contribution is 7.99. The number of nitrogens with zero attached hydrogens (tertiary/aromatic N) is 4. The SMILES string of the molecule is O=[N+]([O-])c1ccc(-c2nnc3n2NC(c2ccc(Cl)cc2)S3)cc1. The number of fused-ring (bicyclic) bond motifs is 1. The number of thioether (sulfide) groups is 1. The first-order chi connectivity index (χ1) is 11.6. The smallest absolute Gasteiger partial charge is 0.269 e. The van der Waals surface area contributed by atoms with E-state index in [1.807, 2.05) is 24.3 Å². The molecule has 24 heavy (non-hydrogen) atoms. The molecule has 120 valence electrons. The summed E-state index contributed by atoms with van der Waals surface area (Å²) in [6.07, 6.45) is 0. The van der Waals surface area contributed by atoms with Gasteiger partial charge in [0.25, 0.3) is 5.69 Å². The number of nitro benzene ring substituents is 1. The van der Waals surface area contributed by atoms with Gasteiger partial charge in [0.05, 0.1) is 4.92 Å². The quantitative estimate of drug-likeness (QED) is 0.564. The van der Waals surface area contributed by atoms with E-state index in [9.17, 15) is 10.1 Å². The number of hydrogen-bond donors (Lipinski definition) is 1. The molecule has 2 aromatic carbocycles. The zero-order chi connectivity index (χ0) is 16.7. The first-order valence-electron chi connectivity index (χ1n) is 7.01. The van der Waals surface area contributed by atoms with Crippen LogP contribution in [0.2, 0.25) is 5.02 Å². The predicted molar refractivity (Wildman–Crippen MR) is 91.5 cm³/mol. The lowest BCUT2D eigenvalue weighted by Gasteiger charge is -2.12. The second-order valence-corrected chi connectivity index (χ2v) is 6.63. The molecular formula is C15H10ClN5O2S. The molecule has 1 unspecified atom stereocenters. The number of hydrogen-bond acceptors (Lipinski definition) is 6. The number of halogens is 1. The fourth-order valence-electron chi connectivity index (χ4n) is 2.41. The average Bonchev–Trinajstić information content (AvgIpc) is 3.16. The third-order valence-electron chi connectivity index (χ3n) is 3.61. The van der Waals surface area contributed by atoms with E-state index in [-0.39, 0.29) is 11.1 Å². The van der Waals surface area contributed by atoms with Crippen LogP contribution in [0.15, 0.2) is 53.7 Å². The lowest BCUT2D eigenvalue weighted by Crippen LogP contribution is -2.13. The van der Waals surface area contributed by atoms with E-state index in [4.69, 9.17) is 11.6 Å². The van der Waals surface area contributed by atoms with E-state index >= 15 is 0 Å². The Labute approximate surface area is 145 Å². The zero-order valence-electron chi connectivity index (χ0n) is 12.1. The molecule has 1 aliphatic heterocycles. The number of rotatable bonds is 3. The summed E-state index contributed by atoms with van der Waals surface area (Å²) in [4.78, 5) is 10.3. The minimum atomic E-state index is -0.428. The van der Waals surface area contributed by atoms with Crippen LogP contribution in [0.5, 0.6) is 0 Å². The van der Waals surface area contributed by atoms with Crippen LogP contribution in [0.4, 0.5) is 5.69 Å². The Bertz CT molecular complexity index is 911. The number of aromatic nitrogens is 3. The van der Waals surface area contributed by atoms with Gasteiger partial charge in [-0.3, -0.25) is 10.1 Å². The summed E-state index contributed by atoms with van der Waals surface area (Å²) in [5, 5.41) is 20.5. The van der Waals surface area contributed by atoms with Gasteiger partial charge in [-0.25, -0.2) is 4.68 Å². The van der Waals surface area contributed by atoms with Gasteiger partial charge in [0.15, 0.2) is 5.82 Å². The fraction of sp³-hybridized carbons (Fsp3) is 0.0667. The largest absolute Gasteiger partial charge is 0.304 e. The summed E-state index contributed by atoms with van der Waals surface area (Å²) in [5.41, 5.74) is 5.20. The van der Waals surface area contributed by atoms with E-state index in [2.05, 4.69) is 15.6 Å². The second kappa shape index (κ2) is 5.81. The first-order valence-corrected chi connectivity index (χ1v) is 8.26. The van der Waals surface area contributed by atoms with Crippen molar-refractivity contribution in [2.45, 2.75) is 10.5 Å². The molecule has 0 fully saturated rings. The number of benzene rings is 2. The molecule has 1 aromatic heterocycles. The maximum absolute atomic E-state index is 10.8. The van der Waals surface area contributed by atoms with E-state index < -0.39 is 4.92 Å². The summed E-state index contributed by atoms with van der Waals surface area (Å²) in [7, 11) is 0. The Hall–Kier alpha value is -2.58. The van der Waals surface area contributed by atoms with Crippen LogP contribution in [0.25, 0.3) is 11.4 Å². The van der Waals surface area contributed by atoms with E-state index in [0.29, 0.717) is 10.8 Å². The Balaban J connectivity index is 1.62. The molecule has 1 aliphatic rings. The van der Waals surface area contributed by atoms with Crippen LogP contribution >= 0.6 is 23.4 Å². The molecule has 0 spiro atoms. The van der Waals surface area contributed by atoms with Crippen molar-refractivity contribution in [1.29, 1.82) is 0 Å². The van der Waals surface area contributed by atoms with Crippen LogP contribution in [0, 0.1) is 10.1 Å². The Morgan fingerprint density at radius 2 is 1.83 bits per heavy atom. The topological polar surface area (TPSA) is 85.9 Å². The number of nitrogens with one attached hydrogen (secondary N) is 1. The summed E-state index contributed by atoms with van der Waals surface area (Å²) >= 11 is 7.47. The van der Waals surface area contributed by atoms with Gasteiger partial charge in [-0.05, 0) is 29.8 Å². The van der Waals surface area contributed by atoms with Gasteiger partial charge in [-0.2, -0.15) is 0 Å². The molecule has 0 saturated heterocycles. The third kappa shape index (κ3) is 2.59. The Morgan fingerprint density at radius 1 is 1.12 bits per heavy atom. The number of nitro groups is 1. The molecule has 0 aliphatic carbocycles. The monoisotopic (exact) mass is 359 g/mol. The molecule has 2 heterocycles. The van der Waals surface area contributed by atoms with E-state index in [1.165, 1.54) is 12.1 Å². The molecule has 9 heteroatoms. The molecule has 0 bridgehead atoms. The van der Waals surface area contributed by atoms with Crippen molar-refractivity contribution in [3.05, 3.63) is 69.2 Å². The second-order valence-electron chi connectivity index (χ2n) is 5.12. The van der Waals surface area contributed by atoms with E-state index in [1.54, 1.807) is 28.6 Å². The third-order valence-corrected chi connectivity index (χ3v) is 4.95. The van der Waals surface area contributed by atoms with Crippen LogP contribution < -0.4 is 5.43 Å². The zero-order valence-corrected chi connectivity index (χ0v) is 13.7. The maximum atomic E-state index is 10.8. The van der Waals surface area contributed by atoms with Gasteiger partial charge in [0.2, 0.25) is 5.16 Å². The van der Waals surface area contributed by atoms with Crippen molar-refractivity contribution in [2.24, 2.45) is 0 Å². The average molecular weight is 360 g/mol. The molecule has 0 radical (unpaired) electrons. The van der Waals surface area contributed by atoms with Gasteiger partial charge in [0.1, 0.15) is 5.37 Å². The van der Waals surface area contributed by atoms with E-state index in [0.717, 1.165) is 16.3 Å². The first kappa shape index (κ1) is 15.0. The normalized spacial score (nSPS) is 15.8. The van der Waals surface area contributed by atoms with Crippen molar-refractivity contribution in [3.63, 3.8) is 0 Å². The van der Waals surface area contributed by atoms with Gasteiger partial charge >= 0.3 is 0 Å². The highest BCUT2D eigenvalue weighted by Gasteiger charge is 2.28. The predicted octanol–water partition coefficient (Wildman–Crippen LogP) is 3.85. The summed E-state index contributed by atoms with van der Waals surface area (Å²) < 4.78 is 1.80. The number of non-ortho nitro benzene ring substituents is 1.